The van der Waals surface area contributed by atoms with Crippen molar-refractivity contribution in [1.29, 1.82) is 0 Å². The average molecular weight is 232 g/mol. The first-order valence-corrected chi connectivity index (χ1v) is 5.73. The normalized spacial score (nSPS) is 13.9. The highest BCUT2D eigenvalue weighted by molar-refractivity contribution is 5.85. The molecular formula is C14H17FN2. The molecule has 2 rings (SSSR count). The van der Waals surface area contributed by atoms with E-state index in [0.29, 0.717) is 12.0 Å². The zero-order chi connectivity index (χ0) is 12.5. The first-order chi connectivity index (χ1) is 7.97. The van der Waals surface area contributed by atoms with Crippen LogP contribution in [0, 0.1) is 0 Å². The Morgan fingerprint density at radius 1 is 1.35 bits per heavy atom. The Labute approximate surface area is 101 Å². The topological polar surface area (TPSA) is 38.9 Å². The molecule has 0 saturated heterocycles. The van der Waals surface area contributed by atoms with E-state index in [2.05, 4.69) is 4.98 Å². The number of aromatic nitrogens is 1. The van der Waals surface area contributed by atoms with Crippen LogP contribution in [0.15, 0.2) is 36.7 Å². The standard InChI is InChI=1S/C14H17FN2/c1-14(2,16)8-13(15)11-5-3-4-10-6-7-17-9-12(10)11/h3-7,9,13H,8,16H2,1-2H3. The molecule has 1 atom stereocenters. The Morgan fingerprint density at radius 2 is 2.12 bits per heavy atom. The Morgan fingerprint density at radius 3 is 2.82 bits per heavy atom. The molecule has 1 unspecified atom stereocenters. The molecule has 0 aliphatic heterocycles. The molecule has 1 aromatic heterocycles. The lowest BCUT2D eigenvalue weighted by molar-refractivity contribution is 0.269. The van der Waals surface area contributed by atoms with E-state index in [1.165, 1.54) is 0 Å². The van der Waals surface area contributed by atoms with Gasteiger partial charge in [0.25, 0.3) is 0 Å². The molecule has 1 heterocycles. The van der Waals surface area contributed by atoms with Crippen molar-refractivity contribution in [3.8, 4) is 0 Å². The van der Waals surface area contributed by atoms with Gasteiger partial charge in [0.2, 0.25) is 0 Å². The minimum atomic E-state index is -1.05. The molecule has 1 aromatic carbocycles. The lowest BCUT2D eigenvalue weighted by atomic mass is 9.93. The highest BCUT2D eigenvalue weighted by Gasteiger charge is 2.21. The molecule has 2 aromatic rings. The molecule has 17 heavy (non-hydrogen) atoms. The van der Waals surface area contributed by atoms with E-state index in [0.717, 1.165) is 10.8 Å². The van der Waals surface area contributed by atoms with E-state index in [9.17, 15) is 4.39 Å². The van der Waals surface area contributed by atoms with Gasteiger partial charge in [-0.3, -0.25) is 4.98 Å². The number of pyridine rings is 1. The number of nitrogens with zero attached hydrogens (tertiary/aromatic N) is 1. The highest BCUT2D eigenvalue weighted by atomic mass is 19.1. The highest BCUT2D eigenvalue weighted by Crippen LogP contribution is 2.31. The van der Waals surface area contributed by atoms with E-state index < -0.39 is 11.7 Å². The molecule has 2 N–H and O–H groups in total. The predicted octanol–water partition coefficient (Wildman–Crippen LogP) is 3.37. The molecule has 0 fully saturated rings. The minimum Gasteiger partial charge on any atom is -0.325 e. The van der Waals surface area contributed by atoms with E-state index in [1.54, 1.807) is 18.5 Å². The second-order valence-corrected chi connectivity index (χ2v) is 5.10. The minimum absolute atomic E-state index is 0.307. The summed E-state index contributed by atoms with van der Waals surface area (Å²) >= 11 is 0. The van der Waals surface area contributed by atoms with Crippen LogP contribution in [0.2, 0.25) is 0 Å². The van der Waals surface area contributed by atoms with Crippen LogP contribution in [0.3, 0.4) is 0 Å². The van der Waals surface area contributed by atoms with Crippen LogP contribution in [0.25, 0.3) is 10.8 Å². The largest absolute Gasteiger partial charge is 0.325 e. The number of benzene rings is 1. The zero-order valence-corrected chi connectivity index (χ0v) is 10.2. The van der Waals surface area contributed by atoms with Crippen molar-refractivity contribution < 1.29 is 4.39 Å². The third-order valence-corrected chi connectivity index (χ3v) is 2.76. The molecule has 2 nitrogen and oxygen atoms in total. The quantitative estimate of drug-likeness (QED) is 0.881. The molecule has 90 valence electrons. The molecule has 0 bridgehead atoms. The van der Waals surface area contributed by atoms with Crippen LogP contribution < -0.4 is 5.73 Å². The summed E-state index contributed by atoms with van der Waals surface area (Å²) < 4.78 is 14.3. The van der Waals surface area contributed by atoms with Gasteiger partial charge in [-0.1, -0.05) is 18.2 Å². The molecule has 0 saturated carbocycles. The SMILES string of the molecule is CC(C)(N)CC(F)c1cccc2ccncc12. The second kappa shape index (κ2) is 4.41. The van der Waals surface area contributed by atoms with E-state index >= 15 is 0 Å². The van der Waals surface area contributed by atoms with Gasteiger partial charge in [-0.25, -0.2) is 4.39 Å². The summed E-state index contributed by atoms with van der Waals surface area (Å²) in [4.78, 5) is 4.05. The number of alkyl halides is 1. The third-order valence-electron chi connectivity index (χ3n) is 2.76. The number of halogens is 1. The van der Waals surface area contributed by atoms with Gasteiger partial charge in [-0.15, -0.1) is 0 Å². The maximum atomic E-state index is 14.3. The summed E-state index contributed by atoms with van der Waals surface area (Å²) in [6, 6.07) is 7.52. The smallest absolute Gasteiger partial charge is 0.128 e. The lowest BCUT2D eigenvalue weighted by Gasteiger charge is -2.21. The van der Waals surface area contributed by atoms with Crippen LogP contribution in [-0.2, 0) is 0 Å². The van der Waals surface area contributed by atoms with E-state index in [4.69, 9.17) is 5.73 Å². The Hall–Kier alpha value is -1.48. The van der Waals surface area contributed by atoms with Crippen molar-refractivity contribution in [1.82, 2.24) is 4.98 Å². The summed E-state index contributed by atoms with van der Waals surface area (Å²) in [5.41, 5.74) is 6.03. The van der Waals surface area contributed by atoms with Crippen LogP contribution in [0.1, 0.15) is 32.0 Å². The molecule has 0 aliphatic rings. The maximum absolute atomic E-state index is 14.3. The molecule has 0 amide bonds. The summed E-state index contributed by atoms with van der Waals surface area (Å²) in [5, 5.41) is 1.88. The van der Waals surface area contributed by atoms with Crippen LogP contribution >= 0.6 is 0 Å². The van der Waals surface area contributed by atoms with Gasteiger partial charge in [-0.2, -0.15) is 0 Å². The maximum Gasteiger partial charge on any atom is 0.128 e. The summed E-state index contributed by atoms with van der Waals surface area (Å²) in [7, 11) is 0. The number of hydrogen-bond acceptors (Lipinski definition) is 2. The second-order valence-electron chi connectivity index (χ2n) is 5.10. The van der Waals surface area contributed by atoms with Crippen molar-refractivity contribution >= 4 is 10.8 Å². The molecule has 3 heteroatoms. The Balaban J connectivity index is 2.41. The zero-order valence-electron chi connectivity index (χ0n) is 10.2. The fraction of sp³-hybridized carbons (Fsp3) is 0.357. The van der Waals surface area contributed by atoms with Crippen molar-refractivity contribution in [3.63, 3.8) is 0 Å². The Kier molecular flexibility index (Phi) is 3.11. The number of hydrogen-bond donors (Lipinski definition) is 1. The van der Waals surface area contributed by atoms with Gasteiger partial charge in [0.05, 0.1) is 0 Å². The summed E-state index contributed by atoms with van der Waals surface area (Å²) in [6.07, 6.45) is 2.68. The fourth-order valence-corrected chi connectivity index (χ4v) is 1.98. The van der Waals surface area contributed by atoms with E-state index in [1.807, 2.05) is 32.0 Å². The monoisotopic (exact) mass is 232 g/mol. The summed E-state index contributed by atoms with van der Waals surface area (Å²) in [6.45, 7) is 3.67. The van der Waals surface area contributed by atoms with Crippen molar-refractivity contribution in [2.75, 3.05) is 0 Å². The van der Waals surface area contributed by atoms with Gasteiger partial charge in [-0.05, 0) is 30.9 Å². The third kappa shape index (κ3) is 2.80. The number of rotatable bonds is 3. The van der Waals surface area contributed by atoms with Gasteiger partial charge in [0.1, 0.15) is 6.17 Å². The predicted molar refractivity (Wildman–Crippen MR) is 68.5 cm³/mol. The first-order valence-electron chi connectivity index (χ1n) is 5.73. The van der Waals surface area contributed by atoms with Crippen molar-refractivity contribution in [2.24, 2.45) is 5.73 Å². The molecular weight excluding hydrogens is 215 g/mol. The fourth-order valence-electron chi connectivity index (χ4n) is 1.98. The van der Waals surface area contributed by atoms with Gasteiger partial charge < -0.3 is 5.73 Å². The van der Waals surface area contributed by atoms with Gasteiger partial charge in [0, 0.05) is 29.7 Å². The number of nitrogens with two attached hydrogens (primary N) is 1. The van der Waals surface area contributed by atoms with Crippen LogP contribution in [0.4, 0.5) is 4.39 Å². The summed E-state index contributed by atoms with van der Waals surface area (Å²) in [5.74, 6) is 0. The van der Waals surface area contributed by atoms with Crippen LogP contribution in [0.5, 0.6) is 0 Å². The first kappa shape index (κ1) is 12.0. The Bertz CT molecular complexity index is 512. The number of fused-ring (bicyclic) bond motifs is 1. The van der Waals surface area contributed by atoms with Gasteiger partial charge in [0.15, 0.2) is 0 Å². The molecule has 0 aliphatic carbocycles. The molecule has 0 spiro atoms. The van der Waals surface area contributed by atoms with Crippen LogP contribution in [-0.4, -0.2) is 10.5 Å². The average Bonchev–Trinajstić information content (AvgIpc) is 2.26. The van der Waals surface area contributed by atoms with Crippen molar-refractivity contribution in [3.05, 3.63) is 42.2 Å². The lowest BCUT2D eigenvalue weighted by Crippen LogP contribution is -2.33. The van der Waals surface area contributed by atoms with Gasteiger partial charge >= 0.3 is 0 Å². The van der Waals surface area contributed by atoms with Crippen molar-refractivity contribution in [2.45, 2.75) is 32.0 Å². The van der Waals surface area contributed by atoms with E-state index in [-0.39, 0.29) is 0 Å². The molecule has 0 radical (unpaired) electrons.